The van der Waals surface area contributed by atoms with Crippen LogP contribution in [0.3, 0.4) is 0 Å². The lowest BCUT2D eigenvalue weighted by Gasteiger charge is -2.05. The first-order valence-corrected chi connectivity index (χ1v) is 7.98. The molecule has 0 aliphatic heterocycles. The molecule has 0 aromatic heterocycles. The summed E-state index contributed by atoms with van der Waals surface area (Å²) in [6.07, 6.45) is 6.87. The number of methoxy groups -OCH3 is 1. The van der Waals surface area contributed by atoms with E-state index in [-0.39, 0.29) is 5.91 Å². The molecular weight excluding hydrogens is 306 g/mol. The van der Waals surface area contributed by atoms with Gasteiger partial charge in [-0.2, -0.15) is 0 Å². The number of carbonyl (C=O) groups excluding carboxylic acids is 2. The lowest BCUT2D eigenvalue weighted by Crippen LogP contribution is -2.22. The molecule has 1 N–H and O–H groups in total. The van der Waals surface area contributed by atoms with Crippen LogP contribution in [0.1, 0.15) is 30.4 Å². The van der Waals surface area contributed by atoms with Crippen molar-refractivity contribution in [2.75, 3.05) is 20.3 Å². The molecule has 0 radical (unpaired) electrons. The Morgan fingerprint density at radius 2 is 1.88 bits per heavy atom. The number of hydrogen-bond acceptors (Lipinski definition) is 4. The zero-order chi connectivity index (χ0) is 17.6. The molecule has 1 rings (SSSR count). The fraction of sp³-hybridized carbons (Fsp3) is 0.368. The van der Waals surface area contributed by atoms with E-state index in [0.29, 0.717) is 19.8 Å². The van der Waals surface area contributed by atoms with E-state index < -0.39 is 5.97 Å². The molecule has 5 nitrogen and oxygen atoms in total. The zero-order valence-corrected chi connectivity index (χ0v) is 14.1. The highest BCUT2D eigenvalue weighted by molar-refractivity contribution is 5.94. The van der Waals surface area contributed by atoms with Gasteiger partial charge < -0.3 is 14.8 Å². The highest BCUT2D eigenvalue weighted by Gasteiger charge is 1.98. The second-order valence-electron chi connectivity index (χ2n) is 5.21. The fourth-order valence-electron chi connectivity index (χ4n) is 1.93. The van der Waals surface area contributed by atoms with Gasteiger partial charge in [-0.15, -0.1) is 0 Å². The maximum absolute atomic E-state index is 11.4. The summed E-state index contributed by atoms with van der Waals surface area (Å²) in [5.74, 6) is -0.832. The second kappa shape index (κ2) is 12.1. The lowest BCUT2D eigenvalue weighted by molar-refractivity contribution is -0.135. The molecule has 0 atom stereocenters. The van der Waals surface area contributed by atoms with Crippen molar-refractivity contribution in [3.63, 3.8) is 0 Å². The van der Waals surface area contributed by atoms with E-state index in [2.05, 4.69) is 16.6 Å². The molecule has 0 bridgehead atoms. The van der Waals surface area contributed by atoms with Gasteiger partial charge in [-0.25, -0.2) is 4.79 Å². The molecule has 130 valence electrons. The Morgan fingerprint density at radius 1 is 1.12 bits per heavy atom. The van der Waals surface area contributed by atoms with Crippen LogP contribution in [0.4, 0.5) is 0 Å². The second-order valence-corrected chi connectivity index (χ2v) is 5.21. The van der Waals surface area contributed by atoms with Gasteiger partial charge in [-0.05, 0) is 30.4 Å². The van der Waals surface area contributed by atoms with Gasteiger partial charge in [0.15, 0.2) is 0 Å². The minimum absolute atomic E-state index is 0.292. The first-order chi connectivity index (χ1) is 11.7. The fourth-order valence-corrected chi connectivity index (χ4v) is 1.93. The van der Waals surface area contributed by atoms with Crippen LogP contribution >= 0.6 is 0 Å². The van der Waals surface area contributed by atoms with E-state index in [1.807, 2.05) is 30.3 Å². The number of esters is 1. The lowest BCUT2D eigenvalue weighted by atomic mass is 10.1. The molecule has 0 aliphatic rings. The number of carbonyl (C=O) groups is 2. The van der Waals surface area contributed by atoms with Gasteiger partial charge in [0.1, 0.15) is 0 Å². The number of hydrogen-bond donors (Lipinski definition) is 1. The summed E-state index contributed by atoms with van der Waals surface area (Å²) in [6, 6.07) is 8.11. The Kier molecular flexibility index (Phi) is 9.88. The molecule has 0 unspecified atom stereocenters. The first-order valence-electron chi connectivity index (χ1n) is 7.98. The monoisotopic (exact) mass is 331 g/mol. The summed E-state index contributed by atoms with van der Waals surface area (Å²) in [5.41, 5.74) is 2.24. The molecule has 1 amide bonds. The Hall–Kier alpha value is -2.40. The quantitative estimate of drug-likeness (QED) is 0.385. The van der Waals surface area contributed by atoms with E-state index >= 15 is 0 Å². The van der Waals surface area contributed by atoms with Gasteiger partial charge in [0, 0.05) is 25.3 Å². The summed E-state index contributed by atoms with van der Waals surface area (Å²) in [4.78, 5) is 22.2. The summed E-state index contributed by atoms with van der Waals surface area (Å²) < 4.78 is 10.0. The van der Waals surface area contributed by atoms with Crippen LogP contribution in [-0.4, -0.2) is 32.1 Å². The van der Waals surface area contributed by atoms with Crippen molar-refractivity contribution in [3.8, 4) is 0 Å². The number of amides is 1. The predicted octanol–water partition coefficient (Wildman–Crippen LogP) is 2.86. The Morgan fingerprint density at radius 3 is 2.54 bits per heavy atom. The molecule has 0 aliphatic carbocycles. The molecule has 1 aromatic carbocycles. The number of rotatable bonds is 11. The number of benzene rings is 1. The predicted molar refractivity (Wildman–Crippen MR) is 94.2 cm³/mol. The van der Waals surface area contributed by atoms with Crippen molar-refractivity contribution in [3.05, 3.63) is 54.1 Å². The van der Waals surface area contributed by atoms with Crippen molar-refractivity contribution in [2.24, 2.45) is 0 Å². The van der Waals surface area contributed by atoms with Gasteiger partial charge in [-0.1, -0.05) is 36.9 Å². The topological polar surface area (TPSA) is 64.6 Å². The summed E-state index contributed by atoms with van der Waals surface area (Å²) in [6.45, 7) is 5.60. The van der Waals surface area contributed by atoms with Crippen LogP contribution in [-0.2, 0) is 25.7 Å². The van der Waals surface area contributed by atoms with Crippen LogP contribution in [0.5, 0.6) is 0 Å². The summed E-state index contributed by atoms with van der Waals surface area (Å²) in [7, 11) is 1.27. The highest BCUT2D eigenvalue weighted by atomic mass is 16.5. The third kappa shape index (κ3) is 8.90. The van der Waals surface area contributed by atoms with Gasteiger partial charge in [0.05, 0.1) is 13.7 Å². The zero-order valence-electron chi connectivity index (χ0n) is 14.1. The normalized spacial score (nSPS) is 10.5. The number of nitrogens with one attached hydrogen (secondary N) is 1. The van der Waals surface area contributed by atoms with E-state index in [1.54, 1.807) is 0 Å². The molecule has 5 heteroatoms. The van der Waals surface area contributed by atoms with Crippen LogP contribution in [0.2, 0.25) is 0 Å². The summed E-state index contributed by atoms with van der Waals surface area (Å²) in [5, 5.41) is 2.71. The molecule has 0 heterocycles. The van der Waals surface area contributed by atoms with Gasteiger partial charge in [0.2, 0.25) is 5.91 Å². The third-order valence-electron chi connectivity index (χ3n) is 3.32. The number of unbranched alkanes of at least 4 members (excludes halogenated alkanes) is 2. The molecule has 0 fully saturated rings. The van der Waals surface area contributed by atoms with Crippen molar-refractivity contribution in [1.82, 2.24) is 5.32 Å². The minimum atomic E-state index is -0.540. The van der Waals surface area contributed by atoms with Crippen LogP contribution in [0.15, 0.2) is 43.0 Å². The van der Waals surface area contributed by atoms with E-state index in [0.717, 1.165) is 36.5 Å². The maximum Gasteiger partial charge on any atom is 0.330 e. The Balaban J connectivity index is 2.00. The van der Waals surface area contributed by atoms with Crippen molar-refractivity contribution in [1.29, 1.82) is 0 Å². The molecule has 0 spiro atoms. The van der Waals surface area contributed by atoms with Crippen LogP contribution in [0, 0.1) is 0 Å². The average Bonchev–Trinajstić information content (AvgIpc) is 2.62. The smallest absolute Gasteiger partial charge is 0.330 e. The first kappa shape index (κ1) is 19.6. The van der Waals surface area contributed by atoms with Crippen LogP contribution < -0.4 is 5.32 Å². The number of ether oxygens (including phenoxy) is 2. The van der Waals surface area contributed by atoms with Gasteiger partial charge >= 0.3 is 5.97 Å². The summed E-state index contributed by atoms with van der Waals surface area (Å²) >= 11 is 0. The third-order valence-corrected chi connectivity index (χ3v) is 3.32. The minimum Gasteiger partial charge on any atom is -0.466 e. The van der Waals surface area contributed by atoms with E-state index in [1.165, 1.54) is 13.2 Å². The van der Waals surface area contributed by atoms with E-state index in [9.17, 15) is 9.59 Å². The van der Waals surface area contributed by atoms with Crippen molar-refractivity contribution in [2.45, 2.75) is 25.9 Å². The maximum atomic E-state index is 11.4. The van der Waals surface area contributed by atoms with Gasteiger partial charge in [-0.3, -0.25) is 4.79 Å². The van der Waals surface area contributed by atoms with Crippen molar-refractivity contribution < 1.29 is 19.1 Å². The van der Waals surface area contributed by atoms with Gasteiger partial charge in [0.25, 0.3) is 0 Å². The largest absolute Gasteiger partial charge is 0.466 e. The average molecular weight is 331 g/mol. The van der Waals surface area contributed by atoms with E-state index in [4.69, 9.17) is 4.74 Å². The highest BCUT2D eigenvalue weighted by Crippen LogP contribution is 2.07. The standard InChI is InChI=1S/C19H25NO4/c1-3-16-7-9-17(10-8-16)15-24-14-6-4-5-13-20-18(21)11-12-19(22)23-2/h3,7-12H,1,4-6,13-15H2,2H3,(H,20,21)/b12-11-. The SMILES string of the molecule is C=Cc1ccc(COCCCCCNC(=O)/C=C\C(=O)OC)cc1. The molecule has 0 saturated carbocycles. The Labute approximate surface area is 143 Å². The molecule has 0 saturated heterocycles. The molecule has 24 heavy (non-hydrogen) atoms. The Bertz CT molecular complexity index is 549. The van der Waals surface area contributed by atoms with Crippen LogP contribution in [0.25, 0.3) is 6.08 Å². The van der Waals surface area contributed by atoms with Crippen molar-refractivity contribution >= 4 is 18.0 Å². The molecular formula is C19H25NO4. The molecule has 1 aromatic rings.